The van der Waals surface area contributed by atoms with Crippen molar-refractivity contribution < 1.29 is 27.9 Å². The van der Waals surface area contributed by atoms with Gasteiger partial charge in [0, 0.05) is 5.56 Å². The molecule has 0 unspecified atom stereocenters. The van der Waals surface area contributed by atoms with Crippen molar-refractivity contribution in [1.82, 2.24) is 0 Å². The van der Waals surface area contributed by atoms with Crippen LogP contribution in [0.4, 0.5) is 18.9 Å². The lowest BCUT2D eigenvalue weighted by Gasteiger charge is -2.25. The van der Waals surface area contributed by atoms with Crippen LogP contribution in [-0.4, -0.2) is 36.2 Å². The molecule has 0 bridgehead atoms. The van der Waals surface area contributed by atoms with Crippen LogP contribution in [0.3, 0.4) is 0 Å². The maximum Gasteiger partial charge on any atom is 0.405 e. The molecule has 1 aromatic carbocycles. The van der Waals surface area contributed by atoms with Crippen LogP contribution in [0.5, 0.6) is 0 Å². The molecule has 3 N–H and O–H groups in total. The minimum atomic E-state index is -4.60. The summed E-state index contributed by atoms with van der Waals surface area (Å²) in [4.78, 5) is 22.1. The fourth-order valence-corrected chi connectivity index (χ4v) is 1.82. The molecule has 9 heteroatoms. The molecular formula is C11H10ClF3N2O3. The number of nitrogens with zero attached hydrogens (tertiary/aromatic N) is 1. The number of aliphatic carboxylic acids is 1. The second-order valence-electron chi connectivity index (χ2n) is 3.90. The van der Waals surface area contributed by atoms with Crippen LogP contribution < -0.4 is 10.6 Å². The average molecular weight is 311 g/mol. The number of anilines is 1. The van der Waals surface area contributed by atoms with Crippen LogP contribution in [0, 0.1) is 0 Å². The molecule has 0 atom stereocenters. The first kappa shape index (κ1) is 16.1. The molecule has 0 aliphatic carbocycles. The smallest absolute Gasteiger partial charge is 0.405 e. The molecule has 0 fully saturated rings. The highest BCUT2D eigenvalue weighted by Gasteiger charge is 2.32. The lowest BCUT2D eigenvalue weighted by Crippen LogP contribution is -2.38. The van der Waals surface area contributed by atoms with Crippen LogP contribution >= 0.6 is 11.6 Å². The van der Waals surface area contributed by atoms with Crippen LogP contribution in [0.1, 0.15) is 10.4 Å². The van der Waals surface area contributed by atoms with Gasteiger partial charge in [0.15, 0.2) is 0 Å². The largest absolute Gasteiger partial charge is 0.480 e. The average Bonchev–Trinajstić information content (AvgIpc) is 2.25. The Morgan fingerprint density at radius 3 is 2.35 bits per heavy atom. The van der Waals surface area contributed by atoms with Gasteiger partial charge in [-0.1, -0.05) is 11.6 Å². The molecular weight excluding hydrogens is 301 g/mol. The number of alkyl halides is 3. The first-order valence-corrected chi connectivity index (χ1v) is 5.61. The summed E-state index contributed by atoms with van der Waals surface area (Å²) in [5.41, 5.74) is 4.88. The zero-order valence-corrected chi connectivity index (χ0v) is 10.7. The van der Waals surface area contributed by atoms with E-state index in [2.05, 4.69) is 0 Å². The minimum Gasteiger partial charge on any atom is -0.480 e. The molecule has 0 aromatic heterocycles. The van der Waals surface area contributed by atoms with Gasteiger partial charge in [0.05, 0.1) is 10.7 Å². The number of halogens is 4. The molecule has 0 spiro atoms. The number of carboxylic acid groups (broad SMARTS) is 1. The van der Waals surface area contributed by atoms with Gasteiger partial charge < -0.3 is 15.7 Å². The van der Waals surface area contributed by atoms with Gasteiger partial charge in [-0.3, -0.25) is 9.59 Å². The molecule has 1 rings (SSSR count). The summed E-state index contributed by atoms with van der Waals surface area (Å²) in [5, 5.41) is 8.46. The second kappa shape index (κ2) is 6.00. The Morgan fingerprint density at radius 2 is 1.95 bits per heavy atom. The van der Waals surface area contributed by atoms with Crippen LogP contribution in [0.15, 0.2) is 18.2 Å². The zero-order chi connectivity index (χ0) is 15.5. The number of hydrogen-bond donors (Lipinski definition) is 2. The van der Waals surface area contributed by atoms with E-state index >= 15 is 0 Å². The van der Waals surface area contributed by atoms with Gasteiger partial charge >= 0.3 is 12.1 Å². The Kier molecular flexibility index (Phi) is 4.83. The minimum absolute atomic E-state index is 0.0148. The summed E-state index contributed by atoms with van der Waals surface area (Å²) >= 11 is 5.77. The molecule has 0 radical (unpaired) electrons. The van der Waals surface area contributed by atoms with E-state index in [1.54, 1.807) is 0 Å². The molecule has 0 aliphatic heterocycles. The van der Waals surface area contributed by atoms with Crippen molar-refractivity contribution in [3.05, 3.63) is 28.8 Å². The standard InChI is InChI=1S/C11H10ClF3N2O3/c12-7-3-6(10(16)20)1-2-8(7)17(4-9(18)19)5-11(13,14)15/h1-3H,4-5H2,(H2,16,20)(H,18,19). The first-order chi connectivity index (χ1) is 9.10. The molecule has 0 heterocycles. The van der Waals surface area contributed by atoms with Crippen molar-refractivity contribution in [3.8, 4) is 0 Å². The lowest BCUT2D eigenvalue weighted by atomic mass is 10.2. The van der Waals surface area contributed by atoms with E-state index in [1.807, 2.05) is 0 Å². The number of carbonyl (C=O) groups excluding carboxylic acids is 1. The van der Waals surface area contributed by atoms with Crippen molar-refractivity contribution in [3.63, 3.8) is 0 Å². The summed E-state index contributed by atoms with van der Waals surface area (Å²) in [6.45, 7) is -2.36. The van der Waals surface area contributed by atoms with Gasteiger partial charge in [-0.15, -0.1) is 0 Å². The summed E-state index contributed by atoms with van der Waals surface area (Å²) in [5.74, 6) is -2.23. The van der Waals surface area contributed by atoms with Crippen LogP contribution in [0.25, 0.3) is 0 Å². The maximum atomic E-state index is 12.4. The Hall–Kier alpha value is -1.96. The number of benzene rings is 1. The number of nitrogens with two attached hydrogens (primary N) is 1. The van der Waals surface area contributed by atoms with E-state index in [4.69, 9.17) is 22.4 Å². The fraction of sp³-hybridized carbons (Fsp3) is 0.273. The molecule has 20 heavy (non-hydrogen) atoms. The Balaban J connectivity index is 3.13. The number of carboxylic acids is 1. The van der Waals surface area contributed by atoms with Crippen molar-refractivity contribution in [1.29, 1.82) is 0 Å². The van der Waals surface area contributed by atoms with Gasteiger partial charge in [0.2, 0.25) is 5.91 Å². The van der Waals surface area contributed by atoms with E-state index in [0.29, 0.717) is 4.90 Å². The highest BCUT2D eigenvalue weighted by molar-refractivity contribution is 6.33. The summed E-state index contributed by atoms with van der Waals surface area (Å²) in [6, 6.07) is 3.39. The highest BCUT2D eigenvalue weighted by Crippen LogP contribution is 2.29. The van der Waals surface area contributed by atoms with E-state index in [1.165, 1.54) is 6.07 Å². The number of hydrogen-bond acceptors (Lipinski definition) is 3. The normalized spacial score (nSPS) is 11.2. The van der Waals surface area contributed by atoms with Crippen molar-refractivity contribution >= 4 is 29.2 Å². The molecule has 0 saturated carbocycles. The first-order valence-electron chi connectivity index (χ1n) is 5.23. The third-order valence-electron chi connectivity index (χ3n) is 2.27. The van der Waals surface area contributed by atoms with Crippen LogP contribution in [0.2, 0.25) is 5.02 Å². The third kappa shape index (κ3) is 4.61. The monoisotopic (exact) mass is 310 g/mol. The number of rotatable bonds is 5. The topological polar surface area (TPSA) is 83.6 Å². The molecule has 5 nitrogen and oxygen atoms in total. The molecule has 110 valence electrons. The predicted octanol–water partition coefficient (Wildman–Crippen LogP) is 1.89. The second-order valence-corrected chi connectivity index (χ2v) is 4.30. The molecule has 1 amide bonds. The molecule has 1 aromatic rings. The van der Waals surface area contributed by atoms with Gasteiger partial charge in [-0.2, -0.15) is 13.2 Å². The van der Waals surface area contributed by atoms with E-state index < -0.39 is 31.1 Å². The Bertz CT molecular complexity index is 534. The molecule has 0 saturated heterocycles. The summed E-state index contributed by atoms with van der Waals surface area (Å²) in [6.07, 6.45) is -4.60. The van der Waals surface area contributed by atoms with E-state index in [-0.39, 0.29) is 16.3 Å². The quantitative estimate of drug-likeness (QED) is 0.870. The third-order valence-corrected chi connectivity index (χ3v) is 2.57. The van der Waals surface area contributed by atoms with Crippen molar-refractivity contribution in [2.24, 2.45) is 5.73 Å². The fourth-order valence-electron chi connectivity index (χ4n) is 1.52. The van der Waals surface area contributed by atoms with E-state index in [9.17, 15) is 22.8 Å². The van der Waals surface area contributed by atoms with Crippen molar-refractivity contribution in [2.75, 3.05) is 18.0 Å². The zero-order valence-electron chi connectivity index (χ0n) is 9.95. The van der Waals surface area contributed by atoms with Gasteiger partial charge in [0.1, 0.15) is 13.1 Å². The maximum absolute atomic E-state index is 12.4. The van der Waals surface area contributed by atoms with Crippen LogP contribution in [-0.2, 0) is 4.79 Å². The Morgan fingerprint density at radius 1 is 1.35 bits per heavy atom. The van der Waals surface area contributed by atoms with E-state index in [0.717, 1.165) is 12.1 Å². The number of primary amides is 1. The summed E-state index contributed by atoms with van der Waals surface area (Å²) < 4.78 is 37.3. The number of amides is 1. The van der Waals surface area contributed by atoms with Gasteiger partial charge in [-0.25, -0.2) is 0 Å². The molecule has 0 aliphatic rings. The number of carbonyl (C=O) groups is 2. The summed E-state index contributed by atoms with van der Waals surface area (Å²) in [7, 11) is 0. The highest BCUT2D eigenvalue weighted by atomic mass is 35.5. The predicted molar refractivity (Wildman–Crippen MR) is 65.9 cm³/mol. The SMILES string of the molecule is NC(=O)c1ccc(N(CC(=O)O)CC(F)(F)F)c(Cl)c1. The Labute approximate surface area is 116 Å². The van der Waals surface area contributed by atoms with Gasteiger partial charge in [0.25, 0.3) is 0 Å². The van der Waals surface area contributed by atoms with Crippen molar-refractivity contribution in [2.45, 2.75) is 6.18 Å². The van der Waals surface area contributed by atoms with Gasteiger partial charge in [-0.05, 0) is 18.2 Å². The lowest BCUT2D eigenvalue weighted by molar-refractivity contribution is -0.136.